The van der Waals surface area contributed by atoms with Crippen LogP contribution in [0.3, 0.4) is 0 Å². The molecule has 40 nitrogen and oxygen atoms in total. The number of primary amides is 2. The number of sulfonamides is 2. The van der Waals surface area contributed by atoms with Crippen LogP contribution in [-0.4, -0.2) is 284 Å². The summed E-state index contributed by atoms with van der Waals surface area (Å²) in [6.07, 6.45) is 7.47. The number of nitrogens with one attached hydrogen (secondary N) is 10. The van der Waals surface area contributed by atoms with Crippen LogP contribution in [0.25, 0.3) is 0 Å². The van der Waals surface area contributed by atoms with Crippen LogP contribution in [0.4, 0.5) is 14.4 Å². The van der Waals surface area contributed by atoms with E-state index < -0.39 is 224 Å². The molecule has 4 aliphatic carbocycles. The molecular weight excluding hydrogens is 1970 g/mol. The van der Waals surface area contributed by atoms with E-state index >= 15 is 0 Å². The molecule has 3 unspecified atom stereocenters. The SMILES string of the molecule is C=CCNC(=O)C(=O)C(CC1CC1)NC(=O)[C@@H]1[C@@H]2[C@H](CN1C(=O)[C@@H](NC(=O)N[C@H](CN1Cc3ccccc3S1(=O)=O)C(C)(C)C)C(C)(C)C)C2(C)C.CCCCC(NC(=O)[C@@H]1[C@@H]2[C@H](CN1C(=O)[C@@H](NC(=O)N[C@H](CN1CCCN(C)S1(=O)=O)C(C)(C)C)C(C)(C)C)C2(C)C)C(=O)C(N)=O.CCCCC(NC(=O)[C@@H]1[C@@H]2[C@H](CN1C(=O)[C@@H](NC(=O)N[C@H](CN1Cc3sccc3S1(=O)=O)C(C)(C)C)C(C)(C)C)C2(C)C)C(=O)C(N)=O. The number of carbonyl (C=O) groups excluding carboxylic acids is 15. The van der Waals surface area contributed by atoms with Gasteiger partial charge in [-0.25, -0.2) is 31.2 Å². The van der Waals surface area contributed by atoms with Gasteiger partial charge in [0.25, 0.3) is 27.9 Å². The summed E-state index contributed by atoms with van der Waals surface area (Å²) in [7, 11) is -9.56. The van der Waals surface area contributed by atoms with Gasteiger partial charge in [-0.05, 0) is 139 Å². The molecule has 2 aromatic rings. The number of rotatable bonds is 37. The van der Waals surface area contributed by atoms with Gasteiger partial charge in [-0.1, -0.05) is 243 Å². The van der Waals surface area contributed by atoms with Crippen LogP contribution in [0.15, 0.2) is 58.2 Å². The second-order valence-corrected chi connectivity index (χ2v) is 56.9. The van der Waals surface area contributed by atoms with Crippen molar-refractivity contribution in [2.45, 2.75) is 340 Å². The number of benzene rings is 1. The first-order valence-corrected chi connectivity index (χ1v) is 56.7. The molecule has 18 atom stereocenters. The number of thiophene rings is 1. The van der Waals surface area contributed by atoms with E-state index in [1.807, 2.05) is 166 Å². The van der Waals surface area contributed by atoms with Crippen LogP contribution >= 0.6 is 11.3 Å². The fraction of sp³-hybridized carbons (Fsp3) is 0.738. The molecule has 0 radical (unpaired) electrons. The van der Waals surface area contributed by atoms with Crippen molar-refractivity contribution < 1.29 is 97.2 Å². The molecule has 1 aromatic carbocycles. The fourth-order valence-electron chi connectivity index (χ4n) is 21.7. The quantitative estimate of drug-likeness (QED) is 0.0245. The Bertz CT molecular complexity index is 5700. The molecule has 10 aliphatic rings. The van der Waals surface area contributed by atoms with Crippen molar-refractivity contribution >= 4 is 130 Å². The molecule has 1 aromatic heterocycles. The summed E-state index contributed by atoms with van der Waals surface area (Å²) in [6.45, 7) is 55.6. The lowest BCUT2D eigenvalue weighted by Gasteiger charge is -2.40. The van der Waals surface area contributed by atoms with Crippen LogP contribution in [0.1, 0.15) is 255 Å². The predicted molar refractivity (Wildman–Crippen MR) is 556 cm³/mol. The van der Waals surface area contributed by atoms with E-state index in [2.05, 4.69) is 73.6 Å². The molecule has 6 aliphatic heterocycles. The van der Waals surface area contributed by atoms with Gasteiger partial charge in [-0.3, -0.25) is 57.5 Å². The van der Waals surface area contributed by atoms with Gasteiger partial charge in [0.1, 0.15) is 36.3 Å². The Labute approximate surface area is 873 Å². The van der Waals surface area contributed by atoms with Gasteiger partial charge in [-0.2, -0.15) is 25.6 Å². The van der Waals surface area contributed by atoms with Crippen molar-refractivity contribution in [3.63, 3.8) is 0 Å². The molecule has 8 fully saturated rings. The Balaban J connectivity index is 0.000000226. The van der Waals surface area contributed by atoms with Gasteiger partial charge in [0.2, 0.25) is 72.8 Å². The van der Waals surface area contributed by atoms with Crippen LogP contribution in [0, 0.1) is 90.2 Å². The van der Waals surface area contributed by atoms with Crippen LogP contribution < -0.4 is 64.6 Å². The van der Waals surface area contributed by atoms with Gasteiger partial charge in [0.15, 0.2) is 0 Å². The van der Waals surface area contributed by atoms with E-state index in [-0.39, 0.29) is 115 Å². The number of carbonyl (C=O) groups is 15. The fourth-order valence-corrected chi connectivity index (χ4v) is 27.7. The lowest BCUT2D eigenvalue weighted by Crippen LogP contribution is -2.63. The molecule has 0 spiro atoms. The third-order valence-electron chi connectivity index (χ3n) is 31.8. The number of ketones is 3. The molecule has 4 saturated carbocycles. The Kier molecular flexibility index (Phi) is 36.3. The topological polar surface area (TPSA) is 553 Å². The van der Waals surface area contributed by atoms with Gasteiger partial charge >= 0.3 is 18.1 Å². The average molecular weight is 2130 g/mol. The predicted octanol–water partition coefficient (Wildman–Crippen LogP) is 6.76. The minimum atomic E-state index is -3.74. The summed E-state index contributed by atoms with van der Waals surface area (Å²) >= 11 is 1.38. The van der Waals surface area contributed by atoms with E-state index in [0.717, 1.165) is 30.6 Å². The second-order valence-electron chi connectivity index (χ2n) is 50.1. The lowest BCUT2D eigenvalue weighted by molar-refractivity contribution is -0.145. The summed E-state index contributed by atoms with van der Waals surface area (Å²) in [5.74, 6) is -8.48. The maximum Gasteiger partial charge on any atom is 0.315 e. The molecule has 147 heavy (non-hydrogen) atoms. The number of unbranched alkanes of at least 4 members (excludes halogenated alkanes) is 2. The van der Waals surface area contributed by atoms with Crippen LogP contribution in [0.5, 0.6) is 0 Å². The normalized spacial score (nSPS) is 25.1. The molecule has 14 N–H and O–H groups in total. The molecule has 822 valence electrons. The largest absolute Gasteiger partial charge is 0.363 e. The first-order valence-electron chi connectivity index (χ1n) is 51.6. The van der Waals surface area contributed by atoms with E-state index in [4.69, 9.17) is 11.5 Å². The summed E-state index contributed by atoms with van der Waals surface area (Å²) in [4.78, 5) is 206. The van der Waals surface area contributed by atoms with Crippen LogP contribution in [0.2, 0.25) is 0 Å². The summed E-state index contributed by atoms with van der Waals surface area (Å²) in [5.41, 5.74) is 6.69. The monoisotopic (exact) mass is 2130 g/mol. The standard InChI is InChI=1S/C38H56N6O7S.C33H52N6O7S2.C32H57N7O7S/c1-10-17-39-33(47)30(45)25(18-22-15-16-22)40-32(46)29-28-24(38(28,8)9)20-44(29)34(48)31(37(5,6)7)42-35(49)41-27(36(2,3)4)21-43-19-23-13-11-12-14-26(23)52(43,50)51;1-10-11-12-19(25(40)27(34)41)35-28(42)24-23-18(33(23,8)9)15-39(24)29(43)26(32(5,6)7)37-30(44)36-22(31(2,3)4)17-38-16-20-21(13-14-47-20)48(38,45)46;1-11-12-14-20(24(40)26(33)41)34-27(42)23-22-19(32(22,8)9)17-39(23)28(43)25(31(5,6)7)36-29(44)35-21(30(2,3)4)18-38-16-13-15-37(10)47(38,45)46/h10-14,22,24-25,27-29,31H,1,15-21H2,2-9H3,(H,39,47)(H,40,46)(H2,41,42,49);13-14,18-19,22-24,26H,10-12,15-17H2,1-9H3,(H2,34,41)(H,35,42)(H2,36,37,44);19-23,25H,11-18H2,1-10H3,(H2,33,41)(H,34,42)(H2,35,36,44)/t24-,25?,27+,28-,29-,31+;18-,19?,22+,23-,24-,26+;19-,20?,21+,22-,23-,25+/m000/s1. The number of piperidine rings is 3. The highest BCUT2D eigenvalue weighted by Crippen LogP contribution is 2.67. The Morgan fingerprint density at radius 3 is 1.14 bits per heavy atom. The lowest BCUT2D eigenvalue weighted by atomic mass is 9.85. The van der Waals surface area contributed by atoms with E-state index in [0.29, 0.717) is 68.9 Å². The third kappa shape index (κ3) is 26.9. The van der Waals surface area contributed by atoms with Crippen molar-refractivity contribution in [3.8, 4) is 0 Å². The maximum atomic E-state index is 14.5. The zero-order valence-electron chi connectivity index (χ0n) is 91.1. The first kappa shape index (κ1) is 119. The summed E-state index contributed by atoms with van der Waals surface area (Å²) < 4.78 is 84.4. The van der Waals surface area contributed by atoms with Crippen LogP contribution in [-0.2, 0) is 101 Å². The summed E-state index contributed by atoms with van der Waals surface area (Å²) in [5, 5.41) is 30.0. The Hall–Kier alpha value is -9.60. The maximum absolute atomic E-state index is 14.5. The number of nitrogens with two attached hydrogens (primary N) is 2. The van der Waals surface area contributed by atoms with E-state index in [1.54, 1.807) is 35.7 Å². The number of nitrogens with zero attached hydrogens (tertiary/aromatic N) is 7. The summed E-state index contributed by atoms with van der Waals surface area (Å²) in [6, 6.07) is -4.25. The highest BCUT2D eigenvalue weighted by Gasteiger charge is 2.73. The van der Waals surface area contributed by atoms with Crippen molar-refractivity contribution in [3.05, 3.63) is 58.8 Å². The van der Waals surface area contributed by atoms with Crippen molar-refractivity contribution in [2.75, 3.05) is 66.0 Å². The zero-order valence-corrected chi connectivity index (χ0v) is 94.3. The third-order valence-corrected chi connectivity index (χ3v) is 38.6. The molecule has 4 saturated heterocycles. The van der Waals surface area contributed by atoms with E-state index in [1.165, 1.54) is 56.4 Å². The number of urea groups is 3. The molecule has 12 rings (SSSR count). The number of fused-ring (bicyclic) bond motifs is 5. The Morgan fingerprint density at radius 2 is 0.810 bits per heavy atom. The molecule has 15 amide bonds. The van der Waals surface area contributed by atoms with Crippen molar-refractivity contribution in [1.82, 2.24) is 85.1 Å². The highest BCUT2D eigenvalue weighted by atomic mass is 32.2. The number of amides is 15. The van der Waals surface area contributed by atoms with Gasteiger partial charge in [-0.15, -0.1) is 17.9 Å². The average Bonchev–Trinajstić information content (AvgIpc) is 1.53. The first-order chi connectivity index (χ1) is 67.6. The molecular formula is C103H165N19O21S4. The number of Topliss-reactive ketones (excluding diaryl/α,β-unsaturated/α-hetero) is 3. The highest BCUT2D eigenvalue weighted by molar-refractivity contribution is 7.90. The minimum absolute atomic E-state index is 0.0290. The number of hydrogen-bond donors (Lipinski definition) is 12. The van der Waals surface area contributed by atoms with Gasteiger partial charge in [0.05, 0.1) is 27.9 Å². The minimum Gasteiger partial charge on any atom is -0.363 e. The molecule has 0 bridgehead atoms. The number of hydrogen-bond acceptors (Lipinski definition) is 22. The number of likely N-dealkylation sites (tertiary alicyclic amines) is 3. The van der Waals surface area contributed by atoms with Crippen molar-refractivity contribution in [2.24, 2.45) is 102 Å². The van der Waals surface area contributed by atoms with Crippen molar-refractivity contribution in [1.29, 1.82) is 0 Å². The molecule has 44 heteroatoms. The second kappa shape index (κ2) is 44.7. The molecule has 7 heterocycles. The van der Waals surface area contributed by atoms with Gasteiger partial charge in [0, 0.05) is 102 Å². The van der Waals surface area contributed by atoms with E-state index in [9.17, 15) is 97.2 Å². The smallest absolute Gasteiger partial charge is 0.315 e. The zero-order chi connectivity index (χ0) is 111. The van der Waals surface area contributed by atoms with Gasteiger partial charge < -0.3 is 79.3 Å². The Morgan fingerprint density at radius 1 is 0.456 bits per heavy atom.